The van der Waals surface area contributed by atoms with Gasteiger partial charge in [0.05, 0.1) is 0 Å². The van der Waals surface area contributed by atoms with E-state index in [1.165, 1.54) is 0 Å². The Hall–Kier alpha value is -0.200. The minimum Gasteiger partial charge on any atom is -0.330 e. The van der Waals surface area contributed by atoms with Crippen LogP contribution >= 0.6 is 0 Å². The molecule has 0 saturated carbocycles. The lowest BCUT2D eigenvalue weighted by molar-refractivity contribution is 0.583. The maximum Gasteiger partial charge on any atom is 0.00628 e. The molecule has 0 aromatic heterocycles. The first kappa shape index (κ1) is 12.5. The zero-order chi connectivity index (χ0) is 8.41. The highest BCUT2D eigenvalue weighted by atomic mass is 15.0. The van der Waals surface area contributed by atoms with Crippen molar-refractivity contribution >= 4 is 0 Å². The molecule has 0 fully saturated rings. The summed E-state index contributed by atoms with van der Waals surface area (Å²) in [5.41, 5.74) is 16.0. The van der Waals surface area contributed by atoms with Gasteiger partial charge in [0.15, 0.2) is 0 Å². The van der Waals surface area contributed by atoms with Gasteiger partial charge in [-0.25, -0.2) is 0 Å². The summed E-state index contributed by atoms with van der Waals surface area (Å²) in [5.74, 6) is 8.00. The fraction of sp³-hybridized carbons (Fsp3) is 1.00. The summed E-state index contributed by atoms with van der Waals surface area (Å²) in [6.45, 7) is 1.34. The quantitative estimate of drug-likeness (QED) is 0.229. The fourth-order valence-corrected chi connectivity index (χ4v) is 0.572. The molecule has 0 bridgehead atoms. The monoisotopic (exact) mass is 149 g/mol. The Balaban J connectivity index is 0. The van der Waals surface area contributed by atoms with Gasteiger partial charge < -0.3 is 17.2 Å². The SMILES string of the molecule is NCCC(N)CCN.NN. The summed E-state index contributed by atoms with van der Waals surface area (Å²) in [6.07, 6.45) is 1.77. The van der Waals surface area contributed by atoms with Gasteiger partial charge in [0.25, 0.3) is 0 Å². The molecule has 0 radical (unpaired) electrons. The van der Waals surface area contributed by atoms with Crippen molar-refractivity contribution in [1.82, 2.24) is 0 Å². The number of rotatable bonds is 4. The Morgan fingerprint density at radius 2 is 1.20 bits per heavy atom. The minimum absolute atomic E-state index is 0.213. The van der Waals surface area contributed by atoms with E-state index in [4.69, 9.17) is 17.2 Å². The molecule has 64 valence electrons. The number of nitrogens with two attached hydrogens (primary N) is 5. The van der Waals surface area contributed by atoms with Crippen LogP contribution in [0.25, 0.3) is 0 Å². The van der Waals surface area contributed by atoms with E-state index in [1.807, 2.05) is 0 Å². The van der Waals surface area contributed by atoms with E-state index >= 15 is 0 Å². The van der Waals surface area contributed by atoms with Gasteiger partial charge in [0, 0.05) is 6.04 Å². The van der Waals surface area contributed by atoms with E-state index in [-0.39, 0.29) is 6.04 Å². The molecule has 0 unspecified atom stereocenters. The standard InChI is InChI=1S/C5H15N3.H4N2/c6-3-1-5(8)2-4-7;1-2/h5H,1-4,6-8H2;1-2H2. The highest BCUT2D eigenvalue weighted by Crippen LogP contribution is 1.88. The highest BCUT2D eigenvalue weighted by Gasteiger charge is 1.96. The molecular weight excluding hydrogens is 130 g/mol. The van der Waals surface area contributed by atoms with Crippen molar-refractivity contribution in [3.8, 4) is 0 Å². The van der Waals surface area contributed by atoms with Crippen LogP contribution in [0, 0.1) is 0 Å². The van der Waals surface area contributed by atoms with Crippen LogP contribution in [0.4, 0.5) is 0 Å². The van der Waals surface area contributed by atoms with Gasteiger partial charge >= 0.3 is 0 Å². The van der Waals surface area contributed by atoms with E-state index in [1.54, 1.807) is 0 Å². The zero-order valence-electron chi connectivity index (χ0n) is 6.29. The minimum atomic E-state index is 0.213. The van der Waals surface area contributed by atoms with Crippen molar-refractivity contribution in [2.24, 2.45) is 28.9 Å². The topological polar surface area (TPSA) is 130 Å². The molecule has 0 heterocycles. The van der Waals surface area contributed by atoms with Crippen LogP contribution in [0.2, 0.25) is 0 Å². The number of hydrogen-bond acceptors (Lipinski definition) is 5. The smallest absolute Gasteiger partial charge is 0.00628 e. The van der Waals surface area contributed by atoms with E-state index in [2.05, 4.69) is 11.7 Å². The second kappa shape index (κ2) is 11.6. The first-order valence-electron chi connectivity index (χ1n) is 3.30. The summed E-state index contributed by atoms with van der Waals surface area (Å²) >= 11 is 0. The first-order chi connectivity index (χ1) is 4.81. The fourth-order valence-electron chi connectivity index (χ4n) is 0.572. The second-order valence-corrected chi connectivity index (χ2v) is 1.91. The van der Waals surface area contributed by atoms with Crippen molar-refractivity contribution in [3.05, 3.63) is 0 Å². The second-order valence-electron chi connectivity index (χ2n) is 1.91. The predicted octanol–water partition coefficient (Wildman–Crippen LogP) is -2.17. The molecular formula is C5H19N5. The van der Waals surface area contributed by atoms with Gasteiger partial charge in [-0.2, -0.15) is 0 Å². The van der Waals surface area contributed by atoms with Crippen molar-refractivity contribution in [2.75, 3.05) is 13.1 Å². The Kier molecular flexibility index (Phi) is 14.4. The van der Waals surface area contributed by atoms with Gasteiger partial charge in [-0.3, -0.25) is 11.7 Å². The molecule has 0 aromatic rings. The Morgan fingerprint density at radius 3 is 1.40 bits per heavy atom. The number of hydrazine groups is 1. The van der Waals surface area contributed by atoms with Gasteiger partial charge in [0.2, 0.25) is 0 Å². The van der Waals surface area contributed by atoms with E-state index in [0.717, 1.165) is 12.8 Å². The van der Waals surface area contributed by atoms with Gasteiger partial charge in [-0.05, 0) is 25.9 Å². The van der Waals surface area contributed by atoms with Gasteiger partial charge in [-0.1, -0.05) is 0 Å². The Morgan fingerprint density at radius 1 is 0.900 bits per heavy atom. The average molecular weight is 149 g/mol. The molecule has 0 spiro atoms. The summed E-state index contributed by atoms with van der Waals surface area (Å²) in [4.78, 5) is 0. The number of hydrogen-bond donors (Lipinski definition) is 5. The Bertz CT molecular complexity index is 43.3. The van der Waals surface area contributed by atoms with Gasteiger partial charge in [-0.15, -0.1) is 0 Å². The lowest BCUT2D eigenvalue weighted by Gasteiger charge is -2.05. The van der Waals surface area contributed by atoms with Crippen molar-refractivity contribution < 1.29 is 0 Å². The zero-order valence-corrected chi connectivity index (χ0v) is 6.29. The molecule has 0 aliphatic heterocycles. The largest absolute Gasteiger partial charge is 0.330 e. The molecule has 10 heavy (non-hydrogen) atoms. The van der Waals surface area contributed by atoms with Crippen LogP contribution in [-0.4, -0.2) is 19.1 Å². The average Bonchev–Trinajstić information content (AvgIpc) is 1.93. The third kappa shape index (κ3) is 10.7. The molecule has 0 amide bonds. The van der Waals surface area contributed by atoms with E-state index in [9.17, 15) is 0 Å². The van der Waals surface area contributed by atoms with Crippen LogP contribution in [0.15, 0.2) is 0 Å². The third-order valence-corrected chi connectivity index (χ3v) is 1.07. The van der Waals surface area contributed by atoms with Crippen LogP contribution in [0.1, 0.15) is 12.8 Å². The first-order valence-corrected chi connectivity index (χ1v) is 3.30. The maximum absolute atomic E-state index is 5.53. The predicted molar refractivity (Wildman–Crippen MR) is 43.7 cm³/mol. The van der Waals surface area contributed by atoms with Crippen molar-refractivity contribution in [1.29, 1.82) is 0 Å². The molecule has 0 saturated heterocycles. The van der Waals surface area contributed by atoms with Crippen LogP contribution < -0.4 is 28.9 Å². The van der Waals surface area contributed by atoms with Crippen molar-refractivity contribution in [2.45, 2.75) is 18.9 Å². The third-order valence-electron chi connectivity index (χ3n) is 1.07. The van der Waals surface area contributed by atoms with Crippen LogP contribution in [0.3, 0.4) is 0 Å². The summed E-state index contributed by atoms with van der Waals surface area (Å²) in [5, 5.41) is 0. The van der Waals surface area contributed by atoms with Crippen molar-refractivity contribution in [3.63, 3.8) is 0 Å². The van der Waals surface area contributed by atoms with Gasteiger partial charge in [0.1, 0.15) is 0 Å². The Labute approximate surface area is 61.9 Å². The molecule has 0 rings (SSSR count). The highest BCUT2D eigenvalue weighted by molar-refractivity contribution is 4.60. The molecule has 0 aromatic carbocycles. The lowest BCUT2D eigenvalue weighted by Crippen LogP contribution is -2.26. The molecule has 0 aliphatic rings. The molecule has 5 heteroatoms. The molecule has 0 aliphatic carbocycles. The van der Waals surface area contributed by atoms with E-state index < -0.39 is 0 Å². The summed E-state index contributed by atoms with van der Waals surface area (Å²) in [6, 6.07) is 0.213. The molecule has 0 atom stereocenters. The molecule has 5 nitrogen and oxygen atoms in total. The lowest BCUT2D eigenvalue weighted by atomic mass is 10.1. The normalized spacial score (nSPS) is 9.00. The van der Waals surface area contributed by atoms with Crippen LogP contribution in [0.5, 0.6) is 0 Å². The molecule has 10 N–H and O–H groups in total. The van der Waals surface area contributed by atoms with Crippen LogP contribution in [-0.2, 0) is 0 Å². The summed E-state index contributed by atoms with van der Waals surface area (Å²) in [7, 11) is 0. The van der Waals surface area contributed by atoms with E-state index in [0.29, 0.717) is 13.1 Å². The maximum atomic E-state index is 5.53. The summed E-state index contributed by atoms with van der Waals surface area (Å²) < 4.78 is 0.